The maximum Gasteiger partial charge on any atom is 0.248 e. The second kappa shape index (κ2) is 5.19. The Kier molecular flexibility index (Phi) is 3.81. The van der Waals surface area contributed by atoms with Crippen LogP contribution in [-0.4, -0.2) is 12.5 Å². The normalized spacial score (nSPS) is 22.2. The van der Waals surface area contributed by atoms with Gasteiger partial charge in [-0.3, -0.25) is 0 Å². The van der Waals surface area contributed by atoms with Crippen molar-refractivity contribution < 1.29 is 8.78 Å². The van der Waals surface area contributed by atoms with Crippen LogP contribution in [0.5, 0.6) is 0 Å². The molecule has 0 aromatic heterocycles. The summed E-state index contributed by atoms with van der Waals surface area (Å²) in [7, 11) is 0. The molecule has 1 aliphatic rings. The van der Waals surface area contributed by atoms with Crippen molar-refractivity contribution in [2.24, 2.45) is 11.1 Å². The fourth-order valence-electron chi connectivity index (χ4n) is 2.39. The Morgan fingerprint density at radius 1 is 1.06 bits per heavy atom. The first-order chi connectivity index (χ1) is 8.55. The van der Waals surface area contributed by atoms with Gasteiger partial charge in [-0.05, 0) is 18.4 Å². The van der Waals surface area contributed by atoms with Gasteiger partial charge < -0.3 is 5.73 Å². The van der Waals surface area contributed by atoms with Gasteiger partial charge in [0.1, 0.15) is 0 Å². The molecule has 98 valence electrons. The lowest BCUT2D eigenvalue weighted by Crippen LogP contribution is -2.37. The van der Waals surface area contributed by atoms with Crippen molar-refractivity contribution >= 4 is 6.08 Å². The number of nitrogens with two attached hydrogens (primary N) is 1. The van der Waals surface area contributed by atoms with Gasteiger partial charge in [0.05, 0.1) is 0 Å². The van der Waals surface area contributed by atoms with E-state index in [-0.39, 0.29) is 18.3 Å². The Morgan fingerprint density at radius 3 is 2.22 bits per heavy atom. The lowest BCUT2D eigenvalue weighted by Gasteiger charge is -2.37. The monoisotopic (exact) mass is 251 g/mol. The summed E-state index contributed by atoms with van der Waals surface area (Å²) in [5.74, 6) is -2.50. The van der Waals surface area contributed by atoms with Crippen LogP contribution < -0.4 is 5.73 Å². The molecule has 1 nitrogen and oxygen atoms in total. The van der Waals surface area contributed by atoms with E-state index < -0.39 is 5.92 Å². The average molecular weight is 251 g/mol. The number of hydrogen-bond donors (Lipinski definition) is 1. The summed E-state index contributed by atoms with van der Waals surface area (Å²) in [6, 6.07) is 9.88. The molecular weight excluding hydrogens is 232 g/mol. The Balaban J connectivity index is 2.08. The maximum atomic E-state index is 13.2. The minimum Gasteiger partial charge on any atom is -0.330 e. The lowest BCUT2D eigenvalue weighted by molar-refractivity contribution is -0.0560. The number of halogens is 2. The summed E-state index contributed by atoms with van der Waals surface area (Å²) >= 11 is 0. The zero-order chi connectivity index (χ0) is 13.1. The molecule has 0 spiro atoms. The van der Waals surface area contributed by atoms with Crippen molar-refractivity contribution in [1.82, 2.24) is 0 Å². The molecule has 0 atom stereocenters. The van der Waals surface area contributed by atoms with Crippen LogP contribution in [0.2, 0.25) is 0 Å². The third kappa shape index (κ3) is 3.16. The average Bonchev–Trinajstić information content (AvgIpc) is 2.40. The lowest BCUT2D eigenvalue weighted by atomic mass is 9.72. The van der Waals surface area contributed by atoms with Gasteiger partial charge in [0.25, 0.3) is 0 Å². The minimum absolute atomic E-state index is 0.0523. The second-order valence-corrected chi connectivity index (χ2v) is 5.17. The van der Waals surface area contributed by atoms with E-state index in [1.54, 1.807) is 0 Å². The van der Waals surface area contributed by atoms with Crippen LogP contribution in [0.4, 0.5) is 8.78 Å². The molecule has 0 radical (unpaired) electrons. The molecule has 3 heteroatoms. The molecule has 0 heterocycles. The highest BCUT2D eigenvalue weighted by Gasteiger charge is 2.41. The highest BCUT2D eigenvalue weighted by molar-refractivity contribution is 5.49. The number of alkyl halides is 2. The smallest absolute Gasteiger partial charge is 0.248 e. The summed E-state index contributed by atoms with van der Waals surface area (Å²) in [5.41, 5.74) is 6.63. The van der Waals surface area contributed by atoms with Crippen molar-refractivity contribution in [3.05, 3.63) is 42.0 Å². The molecule has 1 aromatic rings. The van der Waals surface area contributed by atoms with Crippen molar-refractivity contribution in [1.29, 1.82) is 0 Å². The van der Waals surface area contributed by atoms with Crippen molar-refractivity contribution in [2.45, 2.75) is 31.6 Å². The predicted octanol–water partition coefficient (Wildman–Crippen LogP) is 3.85. The summed E-state index contributed by atoms with van der Waals surface area (Å²) in [6.45, 7) is 0.437. The Morgan fingerprint density at radius 2 is 1.67 bits per heavy atom. The van der Waals surface area contributed by atoms with Crippen molar-refractivity contribution in [3.8, 4) is 0 Å². The molecule has 2 rings (SSSR count). The van der Waals surface area contributed by atoms with E-state index in [1.807, 2.05) is 42.5 Å². The summed E-state index contributed by atoms with van der Waals surface area (Å²) < 4.78 is 26.4. The van der Waals surface area contributed by atoms with Gasteiger partial charge in [-0.1, -0.05) is 42.5 Å². The highest BCUT2D eigenvalue weighted by Crippen LogP contribution is 2.44. The van der Waals surface area contributed by atoms with Gasteiger partial charge in [-0.2, -0.15) is 0 Å². The third-order valence-electron chi connectivity index (χ3n) is 3.81. The predicted molar refractivity (Wildman–Crippen MR) is 70.4 cm³/mol. The topological polar surface area (TPSA) is 26.0 Å². The Labute approximate surface area is 107 Å². The third-order valence-corrected chi connectivity index (χ3v) is 3.81. The molecule has 1 fully saturated rings. The standard InChI is InChI=1S/C15H19F2N/c16-15(17)10-8-14(12-18,9-11-15)7-6-13-4-2-1-3-5-13/h1-7H,8-12,18H2/b7-6+. The van der Waals surface area contributed by atoms with Gasteiger partial charge in [0.2, 0.25) is 5.92 Å². The molecular formula is C15H19F2N. The van der Waals surface area contributed by atoms with Crippen LogP contribution in [0.25, 0.3) is 6.08 Å². The van der Waals surface area contributed by atoms with Crippen LogP contribution in [0.3, 0.4) is 0 Å². The Bertz CT molecular complexity index is 402. The van der Waals surface area contributed by atoms with Crippen LogP contribution in [0.15, 0.2) is 36.4 Å². The molecule has 0 saturated heterocycles. The van der Waals surface area contributed by atoms with E-state index in [9.17, 15) is 8.78 Å². The summed E-state index contributed by atoms with van der Waals surface area (Å²) in [6.07, 6.45) is 4.86. The number of hydrogen-bond acceptors (Lipinski definition) is 1. The van der Waals surface area contributed by atoms with Crippen molar-refractivity contribution in [2.75, 3.05) is 6.54 Å². The van der Waals surface area contributed by atoms with E-state index in [2.05, 4.69) is 0 Å². The molecule has 1 aromatic carbocycles. The van der Waals surface area contributed by atoms with E-state index in [0.717, 1.165) is 5.56 Å². The number of rotatable bonds is 3. The highest BCUT2D eigenvalue weighted by atomic mass is 19.3. The Hall–Kier alpha value is -1.22. The molecule has 1 aliphatic carbocycles. The van der Waals surface area contributed by atoms with Gasteiger partial charge in [0, 0.05) is 24.8 Å². The fraction of sp³-hybridized carbons (Fsp3) is 0.467. The van der Waals surface area contributed by atoms with Crippen LogP contribution in [-0.2, 0) is 0 Å². The molecule has 0 bridgehead atoms. The minimum atomic E-state index is -2.50. The van der Waals surface area contributed by atoms with Gasteiger partial charge >= 0.3 is 0 Å². The second-order valence-electron chi connectivity index (χ2n) is 5.17. The van der Waals surface area contributed by atoms with Crippen LogP contribution >= 0.6 is 0 Å². The first-order valence-electron chi connectivity index (χ1n) is 6.38. The molecule has 0 unspecified atom stereocenters. The molecule has 0 aliphatic heterocycles. The van der Waals surface area contributed by atoms with E-state index in [0.29, 0.717) is 19.4 Å². The van der Waals surface area contributed by atoms with E-state index >= 15 is 0 Å². The molecule has 2 N–H and O–H groups in total. The van der Waals surface area contributed by atoms with Gasteiger partial charge in [-0.25, -0.2) is 8.78 Å². The zero-order valence-electron chi connectivity index (χ0n) is 10.4. The number of benzene rings is 1. The zero-order valence-corrected chi connectivity index (χ0v) is 10.4. The van der Waals surface area contributed by atoms with E-state index in [4.69, 9.17) is 5.73 Å². The van der Waals surface area contributed by atoms with Crippen LogP contribution in [0, 0.1) is 5.41 Å². The van der Waals surface area contributed by atoms with E-state index in [1.165, 1.54) is 0 Å². The molecule has 1 saturated carbocycles. The maximum absolute atomic E-state index is 13.2. The molecule has 18 heavy (non-hydrogen) atoms. The fourth-order valence-corrected chi connectivity index (χ4v) is 2.39. The summed E-state index contributed by atoms with van der Waals surface area (Å²) in [5, 5.41) is 0. The van der Waals surface area contributed by atoms with Crippen LogP contribution in [0.1, 0.15) is 31.2 Å². The van der Waals surface area contributed by atoms with Gasteiger partial charge in [-0.15, -0.1) is 0 Å². The van der Waals surface area contributed by atoms with Crippen molar-refractivity contribution in [3.63, 3.8) is 0 Å². The molecule has 0 amide bonds. The summed E-state index contributed by atoms with van der Waals surface area (Å²) in [4.78, 5) is 0. The first-order valence-corrected chi connectivity index (χ1v) is 6.38. The largest absolute Gasteiger partial charge is 0.330 e. The SMILES string of the molecule is NCC1(/C=C/c2ccccc2)CCC(F)(F)CC1. The first kappa shape index (κ1) is 13.2. The van der Waals surface area contributed by atoms with Gasteiger partial charge in [0.15, 0.2) is 0 Å². The quantitative estimate of drug-likeness (QED) is 0.867.